The highest BCUT2D eigenvalue weighted by Crippen LogP contribution is 2.36. The molecule has 0 saturated carbocycles. The fourth-order valence-electron chi connectivity index (χ4n) is 3.70. The van der Waals surface area contributed by atoms with Gasteiger partial charge in [0.15, 0.2) is 11.5 Å². The van der Waals surface area contributed by atoms with Crippen LogP contribution in [-0.2, 0) is 19.5 Å². The van der Waals surface area contributed by atoms with Gasteiger partial charge in [-0.2, -0.15) is 0 Å². The van der Waals surface area contributed by atoms with Crippen molar-refractivity contribution in [2.24, 2.45) is 0 Å². The number of ether oxygens (including phenoxy) is 2. The number of rotatable bonds is 3. The van der Waals surface area contributed by atoms with Crippen molar-refractivity contribution in [1.29, 1.82) is 0 Å². The Hall–Kier alpha value is -3.12. The first-order chi connectivity index (χ1) is 13.3. The first-order valence-electron chi connectivity index (χ1n) is 9.05. The SMILES string of the molecule is O=c1[nH]c(-c2ccccc2)nc2c1CN(Cc1cccc3c1OCO3)CC2. The Morgan fingerprint density at radius 2 is 1.96 bits per heavy atom. The van der Waals surface area contributed by atoms with E-state index < -0.39 is 0 Å². The van der Waals surface area contributed by atoms with E-state index in [1.165, 1.54) is 0 Å². The second kappa shape index (κ2) is 6.55. The van der Waals surface area contributed by atoms with Crippen molar-refractivity contribution in [3.63, 3.8) is 0 Å². The van der Waals surface area contributed by atoms with Crippen LogP contribution >= 0.6 is 0 Å². The van der Waals surface area contributed by atoms with E-state index in [2.05, 4.69) is 9.88 Å². The van der Waals surface area contributed by atoms with Gasteiger partial charge in [0.05, 0.1) is 11.3 Å². The number of benzene rings is 2. The minimum absolute atomic E-state index is 0.0542. The van der Waals surface area contributed by atoms with Crippen LogP contribution < -0.4 is 15.0 Å². The Kier molecular flexibility index (Phi) is 3.90. The quantitative estimate of drug-likeness (QED) is 0.777. The number of H-pyrrole nitrogens is 1. The molecule has 1 aromatic heterocycles. The molecule has 1 N–H and O–H groups in total. The molecule has 0 aliphatic carbocycles. The van der Waals surface area contributed by atoms with E-state index in [0.717, 1.165) is 46.8 Å². The van der Waals surface area contributed by atoms with E-state index in [9.17, 15) is 4.79 Å². The lowest BCUT2D eigenvalue weighted by molar-refractivity contribution is 0.171. The molecule has 2 aromatic carbocycles. The maximum absolute atomic E-state index is 12.7. The lowest BCUT2D eigenvalue weighted by Gasteiger charge is -2.28. The third-order valence-corrected chi connectivity index (χ3v) is 5.07. The summed E-state index contributed by atoms with van der Waals surface area (Å²) in [5.74, 6) is 2.24. The highest BCUT2D eigenvalue weighted by atomic mass is 16.7. The average Bonchev–Trinajstić information content (AvgIpc) is 3.19. The molecular formula is C21H19N3O3. The first-order valence-corrected chi connectivity index (χ1v) is 9.05. The zero-order valence-corrected chi connectivity index (χ0v) is 14.8. The maximum Gasteiger partial charge on any atom is 0.255 e. The number of fused-ring (bicyclic) bond motifs is 2. The van der Waals surface area contributed by atoms with Crippen molar-refractivity contribution < 1.29 is 9.47 Å². The second-order valence-corrected chi connectivity index (χ2v) is 6.82. The number of para-hydroxylation sites is 1. The summed E-state index contributed by atoms with van der Waals surface area (Å²) in [6, 6.07) is 15.7. The Morgan fingerprint density at radius 3 is 2.85 bits per heavy atom. The predicted octanol–water partition coefficient (Wildman–Crippen LogP) is 2.72. The number of hydrogen-bond acceptors (Lipinski definition) is 5. The molecule has 6 heteroatoms. The van der Waals surface area contributed by atoms with Gasteiger partial charge in [-0.3, -0.25) is 9.69 Å². The van der Waals surface area contributed by atoms with Crippen LogP contribution in [0, 0.1) is 0 Å². The molecule has 136 valence electrons. The van der Waals surface area contributed by atoms with E-state index in [0.29, 0.717) is 18.9 Å². The third-order valence-electron chi connectivity index (χ3n) is 5.07. The van der Waals surface area contributed by atoms with Crippen LogP contribution in [0.2, 0.25) is 0 Å². The van der Waals surface area contributed by atoms with Crippen molar-refractivity contribution in [3.05, 3.63) is 75.7 Å². The minimum Gasteiger partial charge on any atom is -0.454 e. The van der Waals surface area contributed by atoms with Gasteiger partial charge in [0, 0.05) is 37.2 Å². The lowest BCUT2D eigenvalue weighted by atomic mass is 10.0. The van der Waals surface area contributed by atoms with Crippen LogP contribution in [-0.4, -0.2) is 28.2 Å². The smallest absolute Gasteiger partial charge is 0.255 e. The fourth-order valence-corrected chi connectivity index (χ4v) is 3.70. The number of hydrogen-bond donors (Lipinski definition) is 1. The number of nitrogens with zero attached hydrogens (tertiary/aromatic N) is 2. The predicted molar refractivity (Wildman–Crippen MR) is 101 cm³/mol. The molecule has 0 unspecified atom stereocenters. The van der Waals surface area contributed by atoms with Gasteiger partial charge in [0.25, 0.3) is 5.56 Å². The standard InChI is InChI=1S/C21H19N3O3/c25-21-16-12-24(11-15-7-4-8-18-19(15)27-13-26-18)10-9-17(16)22-20(23-21)14-5-2-1-3-6-14/h1-8H,9-13H2,(H,22,23,25). The van der Waals surface area contributed by atoms with Gasteiger partial charge in [0.2, 0.25) is 6.79 Å². The van der Waals surface area contributed by atoms with E-state index in [-0.39, 0.29) is 12.4 Å². The highest BCUT2D eigenvalue weighted by molar-refractivity contribution is 5.55. The normalized spacial score (nSPS) is 15.6. The van der Waals surface area contributed by atoms with Crippen LogP contribution in [0.4, 0.5) is 0 Å². The van der Waals surface area contributed by atoms with Crippen molar-refractivity contribution >= 4 is 0 Å². The molecule has 3 aromatic rings. The first kappa shape index (κ1) is 16.1. The molecule has 2 aliphatic rings. The van der Waals surface area contributed by atoms with Gasteiger partial charge in [-0.1, -0.05) is 42.5 Å². The summed E-state index contributed by atoms with van der Waals surface area (Å²) in [5, 5.41) is 0. The second-order valence-electron chi connectivity index (χ2n) is 6.82. The Morgan fingerprint density at radius 1 is 1.07 bits per heavy atom. The zero-order valence-electron chi connectivity index (χ0n) is 14.8. The van der Waals surface area contributed by atoms with Crippen molar-refractivity contribution in [2.75, 3.05) is 13.3 Å². The van der Waals surface area contributed by atoms with Crippen LogP contribution in [0.5, 0.6) is 11.5 Å². The van der Waals surface area contributed by atoms with Crippen molar-refractivity contribution in [1.82, 2.24) is 14.9 Å². The van der Waals surface area contributed by atoms with E-state index in [1.807, 2.05) is 48.5 Å². The summed E-state index contributed by atoms with van der Waals surface area (Å²) in [4.78, 5) is 22.6. The molecular weight excluding hydrogens is 342 g/mol. The molecule has 0 saturated heterocycles. The molecule has 0 amide bonds. The summed E-state index contributed by atoms with van der Waals surface area (Å²) >= 11 is 0. The Labute approximate surface area is 156 Å². The molecule has 2 aliphatic heterocycles. The van der Waals surface area contributed by atoms with Crippen LogP contribution in [0.15, 0.2) is 53.3 Å². The summed E-state index contributed by atoms with van der Waals surface area (Å²) in [6.45, 7) is 2.41. The monoisotopic (exact) mass is 361 g/mol. The van der Waals surface area contributed by atoms with Crippen molar-refractivity contribution in [2.45, 2.75) is 19.5 Å². The Bertz CT molecular complexity index is 1050. The fraction of sp³-hybridized carbons (Fsp3) is 0.238. The van der Waals surface area contributed by atoms with E-state index in [4.69, 9.17) is 14.5 Å². The van der Waals surface area contributed by atoms with Crippen LogP contribution in [0.3, 0.4) is 0 Å². The number of aromatic nitrogens is 2. The van der Waals surface area contributed by atoms with Gasteiger partial charge in [0.1, 0.15) is 5.82 Å². The molecule has 6 nitrogen and oxygen atoms in total. The van der Waals surface area contributed by atoms with Crippen LogP contribution in [0.25, 0.3) is 11.4 Å². The molecule has 5 rings (SSSR count). The van der Waals surface area contributed by atoms with Crippen molar-refractivity contribution in [3.8, 4) is 22.9 Å². The topological polar surface area (TPSA) is 67.5 Å². The van der Waals surface area contributed by atoms with Gasteiger partial charge in [-0.25, -0.2) is 4.98 Å². The molecule has 0 fully saturated rings. The van der Waals surface area contributed by atoms with Crippen LogP contribution in [0.1, 0.15) is 16.8 Å². The van der Waals surface area contributed by atoms with Gasteiger partial charge >= 0.3 is 0 Å². The number of aromatic amines is 1. The van der Waals surface area contributed by atoms with Gasteiger partial charge in [-0.05, 0) is 6.07 Å². The highest BCUT2D eigenvalue weighted by Gasteiger charge is 2.24. The average molecular weight is 361 g/mol. The molecule has 3 heterocycles. The maximum atomic E-state index is 12.7. The van der Waals surface area contributed by atoms with E-state index in [1.54, 1.807) is 0 Å². The van der Waals surface area contributed by atoms with Gasteiger partial charge < -0.3 is 14.5 Å². The zero-order chi connectivity index (χ0) is 18.2. The summed E-state index contributed by atoms with van der Waals surface area (Å²) in [5.41, 5.74) is 3.61. The largest absolute Gasteiger partial charge is 0.454 e. The molecule has 27 heavy (non-hydrogen) atoms. The minimum atomic E-state index is -0.0542. The summed E-state index contributed by atoms with van der Waals surface area (Å²) < 4.78 is 11.1. The molecule has 0 bridgehead atoms. The Balaban J connectivity index is 1.41. The molecule has 0 radical (unpaired) electrons. The molecule has 0 atom stereocenters. The summed E-state index contributed by atoms with van der Waals surface area (Å²) in [6.07, 6.45) is 0.755. The number of nitrogens with one attached hydrogen (secondary N) is 1. The molecule has 0 spiro atoms. The summed E-state index contributed by atoms with van der Waals surface area (Å²) in [7, 11) is 0. The third kappa shape index (κ3) is 2.98. The lowest BCUT2D eigenvalue weighted by Crippen LogP contribution is -2.35. The van der Waals surface area contributed by atoms with Gasteiger partial charge in [-0.15, -0.1) is 0 Å². The van der Waals surface area contributed by atoms with E-state index >= 15 is 0 Å².